The Morgan fingerprint density at radius 3 is 2.60 bits per heavy atom. The van der Waals surface area contributed by atoms with Crippen molar-refractivity contribution in [3.63, 3.8) is 0 Å². The molecular formula is C15H15BrN2O2. The van der Waals surface area contributed by atoms with Crippen LogP contribution in [0, 0.1) is 0 Å². The first-order valence-corrected chi connectivity index (χ1v) is 6.85. The lowest BCUT2D eigenvalue weighted by Crippen LogP contribution is -2.14. The van der Waals surface area contributed by atoms with Gasteiger partial charge >= 0.3 is 0 Å². The van der Waals surface area contributed by atoms with Gasteiger partial charge in [-0.05, 0) is 45.8 Å². The Hall–Kier alpha value is -2.01. The molecule has 0 radical (unpaired) electrons. The van der Waals surface area contributed by atoms with Crippen molar-refractivity contribution in [2.45, 2.75) is 6.42 Å². The monoisotopic (exact) mass is 334 g/mol. The third-order valence-electron chi connectivity index (χ3n) is 2.78. The Morgan fingerprint density at radius 1 is 1.25 bits per heavy atom. The average molecular weight is 335 g/mol. The maximum absolute atomic E-state index is 12.0. The quantitative estimate of drug-likeness (QED) is 0.843. The second-order valence-electron chi connectivity index (χ2n) is 4.32. The van der Waals surface area contributed by atoms with Crippen LogP contribution in [0.15, 0.2) is 46.9 Å². The molecule has 5 heteroatoms. The summed E-state index contributed by atoms with van der Waals surface area (Å²) in [6.45, 7) is 0. The van der Waals surface area contributed by atoms with E-state index in [9.17, 15) is 4.79 Å². The standard InChI is InChI=1S/C15H15BrN2O2/c1-20-14-9-12(6-7-13(14)16)18-15(19)8-10-2-4-11(17)5-3-10/h2-7,9H,8,17H2,1H3,(H,18,19). The van der Waals surface area contributed by atoms with Gasteiger partial charge in [0.1, 0.15) is 5.75 Å². The molecule has 0 fully saturated rings. The van der Waals surface area contributed by atoms with Crippen molar-refractivity contribution in [1.82, 2.24) is 0 Å². The topological polar surface area (TPSA) is 64.3 Å². The number of ether oxygens (including phenoxy) is 1. The second kappa shape index (κ2) is 6.43. The van der Waals surface area contributed by atoms with Gasteiger partial charge in [-0.25, -0.2) is 0 Å². The fraction of sp³-hybridized carbons (Fsp3) is 0.133. The molecule has 0 aliphatic carbocycles. The Balaban J connectivity index is 2.02. The van der Waals surface area contributed by atoms with Crippen LogP contribution >= 0.6 is 15.9 Å². The number of amides is 1. The number of benzene rings is 2. The van der Waals surface area contributed by atoms with Crippen molar-refractivity contribution in [3.05, 3.63) is 52.5 Å². The maximum atomic E-state index is 12.0. The van der Waals surface area contributed by atoms with Gasteiger partial charge in [-0.1, -0.05) is 12.1 Å². The highest BCUT2D eigenvalue weighted by molar-refractivity contribution is 9.10. The zero-order chi connectivity index (χ0) is 14.5. The average Bonchev–Trinajstić information content (AvgIpc) is 2.43. The van der Waals surface area contributed by atoms with E-state index in [1.807, 2.05) is 24.3 Å². The summed E-state index contributed by atoms with van der Waals surface area (Å²) < 4.78 is 6.03. The number of hydrogen-bond donors (Lipinski definition) is 2. The van der Waals surface area contributed by atoms with E-state index >= 15 is 0 Å². The Bertz CT molecular complexity index is 612. The summed E-state index contributed by atoms with van der Waals surface area (Å²) in [6, 6.07) is 12.7. The van der Waals surface area contributed by atoms with Crippen LogP contribution < -0.4 is 15.8 Å². The normalized spacial score (nSPS) is 10.1. The molecule has 4 nitrogen and oxygen atoms in total. The zero-order valence-corrected chi connectivity index (χ0v) is 12.6. The number of rotatable bonds is 4. The van der Waals surface area contributed by atoms with E-state index in [2.05, 4.69) is 21.2 Å². The molecule has 0 aromatic heterocycles. The summed E-state index contributed by atoms with van der Waals surface area (Å²) in [5.41, 5.74) is 7.91. The summed E-state index contributed by atoms with van der Waals surface area (Å²) in [7, 11) is 1.58. The van der Waals surface area contributed by atoms with Crippen LogP contribution in [0.4, 0.5) is 11.4 Å². The highest BCUT2D eigenvalue weighted by atomic mass is 79.9. The van der Waals surface area contributed by atoms with Crippen molar-refractivity contribution in [3.8, 4) is 5.75 Å². The maximum Gasteiger partial charge on any atom is 0.228 e. The lowest BCUT2D eigenvalue weighted by atomic mass is 10.1. The van der Waals surface area contributed by atoms with Gasteiger partial charge in [-0.2, -0.15) is 0 Å². The van der Waals surface area contributed by atoms with E-state index in [4.69, 9.17) is 10.5 Å². The number of carbonyl (C=O) groups is 1. The molecule has 104 valence electrons. The van der Waals surface area contributed by atoms with Crippen molar-refractivity contribution in [2.24, 2.45) is 0 Å². The molecule has 3 N–H and O–H groups in total. The fourth-order valence-electron chi connectivity index (χ4n) is 1.76. The summed E-state index contributed by atoms with van der Waals surface area (Å²) in [5, 5.41) is 2.84. The number of nitrogen functional groups attached to an aromatic ring is 1. The number of anilines is 2. The van der Waals surface area contributed by atoms with Crippen LogP contribution in [0.3, 0.4) is 0 Å². The van der Waals surface area contributed by atoms with Crippen molar-refractivity contribution in [1.29, 1.82) is 0 Å². The van der Waals surface area contributed by atoms with Crippen molar-refractivity contribution < 1.29 is 9.53 Å². The molecular weight excluding hydrogens is 320 g/mol. The largest absolute Gasteiger partial charge is 0.495 e. The van der Waals surface area contributed by atoms with Gasteiger partial charge < -0.3 is 15.8 Å². The van der Waals surface area contributed by atoms with Gasteiger partial charge in [-0.15, -0.1) is 0 Å². The first-order valence-electron chi connectivity index (χ1n) is 6.06. The Labute approximate surface area is 126 Å². The van der Waals surface area contributed by atoms with Gasteiger partial charge in [0.2, 0.25) is 5.91 Å². The van der Waals surface area contributed by atoms with E-state index in [0.717, 1.165) is 10.0 Å². The van der Waals surface area contributed by atoms with Crippen LogP contribution in [-0.4, -0.2) is 13.0 Å². The second-order valence-corrected chi connectivity index (χ2v) is 5.17. The molecule has 0 bridgehead atoms. The molecule has 2 aromatic rings. The van der Waals surface area contributed by atoms with Crippen LogP contribution in [0.5, 0.6) is 5.75 Å². The van der Waals surface area contributed by atoms with E-state index in [0.29, 0.717) is 23.5 Å². The number of nitrogens with two attached hydrogens (primary N) is 1. The predicted molar refractivity (Wildman–Crippen MR) is 83.9 cm³/mol. The van der Waals surface area contributed by atoms with Crippen molar-refractivity contribution in [2.75, 3.05) is 18.2 Å². The number of nitrogens with one attached hydrogen (secondary N) is 1. The van der Waals surface area contributed by atoms with Gasteiger partial charge in [0.05, 0.1) is 18.0 Å². The van der Waals surface area contributed by atoms with Gasteiger partial charge in [0, 0.05) is 17.4 Å². The molecule has 0 saturated heterocycles. The number of carbonyl (C=O) groups excluding carboxylic acids is 1. The number of halogens is 1. The molecule has 20 heavy (non-hydrogen) atoms. The molecule has 1 amide bonds. The molecule has 0 aliphatic rings. The fourth-order valence-corrected chi connectivity index (χ4v) is 2.17. The summed E-state index contributed by atoms with van der Waals surface area (Å²) in [6.07, 6.45) is 0.304. The third kappa shape index (κ3) is 3.74. The highest BCUT2D eigenvalue weighted by Crippen LogP contribution is 2.27. The minimum absolute atomic E-state index is 0.0841. The van der Waals surface area contributed by atoms with Crippen molar-refractivity contribution >= 4 is 33.2 Å². The third-order valence-corrected chi connectivity index (χ3v) is 3.43. The number of methoxy groups -OCH3 is 1. The van der Waals surface area contributed by atoms with E-state index < -0.39 is 0 Å². The minimum Gasteiger partial charge on any atom is -0.495 e. The SMILES string of the molecule is COc1cc(NC(=O)Cc2ccc(N)cc2)ccc1Br. The molecule has 0 spiro atoms. The summed E-state index contributed by atoms with van der Waals surface area (Å²) in [5.74, 6) is 0.592. The smallest absolute Gasteiger partial charge is 0.228 e. The Kier molecular flexibility index (Phi) is 4.63. The molecule has 0 aliphatic heterocycles. The number of hydrogen-bond acceptors (Lipinski definition) is 3. The molecule has 0 heterocycles. The van der Waals surface area contributed by atoms with Crippen LogP contribution in [0.1, 0.15) is 5.56 Å². The van der Waals surface area contributed by atoms with E-state index in [1.165, 1.54) is 0 Å². The zero-order valence-electron chi connectivity index (χ0n) is 11.0. The molecule has 0 saturated carbocycles. The van der Waals surface area contributed by atoms with Gasteiger partial charge in [0.25, 0.3) is 0 Å². The van der Waals surface area contributed by atoms with Gasteiger partial charge in [-0.3, -0.25) is 4.79 Å². The molecule has 2 rings (SSSR count). The molecule has 2 aromatic carbocycles. The first kappa shape index (κ1) is 14.4. The predicted octanol–water partition coefficient (Wildman–Crippen LogP) is 3.22. The minimum atomic E-state index is -0.0841. The lowest BCUT2D eigenvalue weighted by molar-refractivity contribution is -0.115. The Morgan fingerprint density at radius 2 is 1.95 bits per heavy atom. The van der Waals surface area contributed by atoms with Crippen LogP contribution in [-0.2, 0) is 11.2 Å². The molecule has 0 atom stereocenters. The molecule has 0 unspecified atom stereocenters. The van der Waals surface area contributed by atoms with E-state index in [-0.39, 0.29) is 5.91 Å². The van der Waals surface area contributed by atoms with E-state index in [1.54, 1.807) is 25.3 Å². The summed E-state index contributed by atoms with van der Waals surface area (Å²) in [4.78, 5) is 12.0. The van der Waals surface area contributed by atoms with Crippen LogP contribution in [0.25, 0.3) is 0 Å². The lowest BCUT2D eigenvalue weighted by Gasteiger charge is -2.08. The highest BCUT2D eigenvalue weighted by Gasteiger charge is 2.06. The van der Waals surface area contributed by atoms with Crippen LogP contribution in [0.2, 0.25) is 0 Å². The first-order chi connectivity index (χ1) is 9.58. The summed E-state index contributed by atoms with van der Waals surface area (Å²) >= 11 is 3.37. The van der Waals surface area contributed by atoms with Gasteiger partial charge in [0.15, 0.2) is 0 Å².